The van der Waals surface area contributed by atoms with E-state index in [0.717, 1.165) is 21.3 Å². The van der Waals surface area contributed by atoms with Crippen molar-refractivity contribution in [3.8, 4) is 0 Å². The van der Waals surface area contributed by atoms with Gasteiger partial charge in [0.15, 0.2) is 0 Å². The summed E-state index contributed by atoms with van der Waals surface area (Å²) in [6.07, 6.45) is 0. The second kappa shape index (κ2) is 5.93. The zero-order chi connectivity index (χ0) is 14.0. The van der Waals surface area contributed by atoms with Crippen molar-refractivity contribution in [3.05, 3.63) is 62.3 Å². The first-order chi connectivity index (χ1) is 8.99. The summed E-state index contributed by atoms with van der Waals surface area (Å²) < 4.78 is 14.8. The monoisotopic (exact) mass is 341 g/mol. The Morgan fingerprint density at radius 1 is 1.21 bits per heavy atom. The highest BCUT2D eigenvalue weighted by molar-refractivity contribution is 9.10. The second-order valence-electron chi connectivity index (χ2n) is 4.48. The van der Waals surface area contributed by atoms with Gasteiger partial charge in [-0.25, -0.2) is 4.39 Å². The number of rotatable bonds is 3. The maximum atomic E-state index is 13.8. The van der Waals surface area contributed by atoms with Crippen LogP contribution in [-0.4, -0.2) is 0 Å². The Balaban J connectivity index is 2.22. The molecule has 0 atom stereocenters. The van der Waals surface area contributed by atoms with E-state index in [1.54, 1.807) is 18.2 Å². The molecule has 0 aliphatic heterocycles. The Morgan fingerprint density at radius 2 is 1.84 bits per heavy atom. The first-order valence-electron chi connectivity index (χ1n) is 5.92. The van der Waals surface area contributed by atoms with Gasteiger partial charge >= 0.3 is 0 Å². The first kappa shape index (κ1) is 14.4. The lowest BCUT2D eigenvalue weighted by Crippen LogP contribution is -2.05. The van der Waals surface area contributed by atoms with E-state index in [4.69, 9.17) is 11.6 Å². The molecule has 2 rings (SSSR count). The molecule has 19 heavy (non-hydrogen) atoms. The van der Waals surface area contributed by atoms with Crippen molar-refractivity contribution in [2.75, 3.05) is 5.32 Å². The van der Waals surface area contributed by atoms with Gasteiger partial charge in [0.05, 0.1) is 5.02 Å². The molecule has 0 saturated heterocycles. The molecule has 1 N–H and O–H groups in total. The largest absolute Gasteiger partial charge is 0.380 e. The Kier molecular flexibility index (Phi) is 4.48. The van der Waals surface area contributed by atoms with Gasteiger partial charge in [0.2, 0.25) is 0 Å². The molecule has 4 heteroatoms. The van der Waals surface area contributed by atoms with Crippen LogP contribution in [0.15, 0.2) is 34.8 Å². The van der Waals surface area contributed by atoms with Crippen LogP contribution >= 0.6 is 27.5 Å². The van der Waals surface area contributed by atoms with Crippen molar-refractivity contribution in [1.29, 1.82) is 0 Å². The van der Waals surface area contributed by atoms with Gasteiger partial charge in [0, 0.05) is 22.3 Å². The predicted octanol–water partition coefficient (Wildman–Crippen LogP) is 5.47. The molecule has 0 radical (unpaired) electrons. The SMILES string of the molecule is Cc1cc(Br)cc(C)c1NCc1cccc(Cl)c1F. The van der Waals surface area contributed by atoms with Crippen LogP contribution < -0.4 is 5.32 Å². The number of anilines is 1. The number of nitrogens with one attached hydrogen (secondary N) is 1. The molecular formula is C15H14BrClFN. The fraction of sp³-hybridized carbons (Fsp3) is 0.200. The minimum Gasteiger partial charge on any atom is -0.380 e. The number of halogens is 3. The van der Waals surface area contributed by atoms with Crippen molar-refractivity contribution in [3.63, 3.8) is 0 Å². The van der Waals surface area contributed by atoms with Gasteiger partial charge in [-0.2, -0.15) is 0 Å². The summed E-state index contributed by atoms with van der Waals surface area (Å²) in [5.41, 5.74) is 3.83. The van der Waals surface area contributed by atoms with Crippen LogP contribution in [-0.2, 0) is 6.54 Å². The molecule has 0 fully saturated rings. The third-order valence-corrected chi connectivity index (χ3v) is 3.73. The minimum absolute atomic E-state index is 0.156. The van der Waals surface area contributed by atoms with Crippen LogP contribution in [0.5, 0.6) is 0 Å². The Hall–Kier alpha value is -1.06. The van der Waals surface area contributed by atoms with Crippen LogP contribution in [0.4, 0.5) is 10.1 Å². The topological polar surface area (TPSA) is 12.0 Å². The lowest BCUT2D eigenvalue weighted by molar-refractivity contribution is 0.613. The third kappa shape index (κ3) is 3.28. The number of aryl methyl sites for hydroxylation is 2. The Labute approximate surface area is 125 Å². The van der Waals surface area contributed by atoms with Gasteiger partial charge in [-0.15, -0.1) is 0 Å². The van der Waals surface area contributed by atoms with E-state index in [1.165, 1.54) is 0 Å². The summed E-state index contributed by atoms with van der Waals surface area (Å²) in [6.45, 7) is 4.46. The zero-order valence-electron chi connectivity index (χ0n) is 10.7. The number of benzene rings is 2. The smallest absolute Gasteiger partial charge is 0.146 e. The molecule has 2 aromatic rings. The van der Waals surface area contributed by atoms with Gasteiger partial charge in [0.25, 0.3) is 0 Å². The molecule has 100 valence electrons. The van der Waals surface area contributed by atoms with E-state index < -0.39 is 0 Å². The van der Waals surface area contributed by atoms with E-state index in [1.807, 2.05) is 26.0 Å². The highest BCUT2D eigenvalue weighted by atomic mass is 79.9. The Morgan fingerprint density at radius 3 is 2.47 bits per heavy atom. The van der Waals surface area contributed by atoms with Crippen molar-refractivity contribution in [2.45, 2.75) is 20.4 Å². The summed E-state index contributed by atoms with van der Waals surface area (Å²) >= 11 is 9.23. The second-order valence-corrected chi connectivity index (χ2v) is 5.80. The summed E-state index contributed by atoms with van der Waals surface area (Å²) in [4.78, 5) is 0. The van der Waals surface area contributed by atoms with E-state index in [0.29, 0.717) is 12.1 Å². The molecule has 0 bridgehead atoms. The normalized spacial score (nSPS) is 10.6. The Bertz CT molecular complexity index is 590. The number of hydrogen-bond acceptors (Lipinski definition) is 1. The first-order valence-corrected chi connectivity index (χ1v) is 7.09. The average molecular weight is 343 g/mol. The van der Waals surface area contributed by atoms with Crippen LogP contribution in [0.1, 0.15) is 16.7 Å². The van der Waals surface area contributed by atoms with Gasteiger partial charge in [-0.3, -0.25) is 0 Å². The van der Waals surface area contributed by atoms with Crippen molar-refractivity contribution in [1.82, 2.24) is 0 Å². The lowest BCUT2D eigenvalue weighted by atomic mass is 10.1. The van der Waals surface area contributed by atoms with Crippen LogP contribution in [0.25, 0.3) is 0 Å². The maximum absolute atomic E-state index is 13.8. The highest BCUT2D eigenvalue weighted by Crippen LogP contribution is 2.26. The highest BCUT2D eigenvalue weighted by Gasteiger charge is 2.08. The zero-order valence-corrected chi connectivity index (χ0v) is 13.1. The van der Waals surface area contributed by atoms with Crippen LogP contribution in [0.2, 0.25) is 5.02 Å². The average Bonchev–Trinajstić information content (AvgIpc) is 2.33. The summed E-state index contributed by atoms with van der Waals surface area (Å²) in [6, 6.07) is 9.10. The molecule has 0 amide bonds. The molecule has 0 saturated carbocycles. The molecule has 0 aliphatic carbocycles. The molecule has 1 nitrogen and oxygen atoms in total. The molecule has 2 aromatic carbocycles. The quantitative estimate of drug-likeness (QED) is 0.780. The molecular weight excluding hydrogens is 329 g/mol. The van der Waals surface area contributed by atoms with Crippen LogP contribution in [0.3, 0.4) is 0 Å². The lowest BCUT2D eigenvalue weighted by Gasteiger charge is -2.14. The van der Waals surface area contributed by atoms with Gasteiger partial charge < -0.3 is 5.32 Å². The van der Waals surface area contributed by atoms with Crippen molar-refractivity contribution < 1.29 is 4.39 Å². The van der Waals surface area contributed by atoms with Gasteiger partial charge in [0.1, 0.15) is 5.82 Å². The maximum Gasteiger partial charge on any atom is 0.146 e. The van der Waals surface area contributed by atoms with E-state index in [9.17, 15) is 4.39 Å². The fourth-order valence-corrected chi connectivity index (χ4v) is 2.94. The van der Waals surface area contributed by atoms with Gasteiger partial charge in [-0.05, 0) is 43.2 Å². The third-order valence-electron chi connectivity index (χ3n) is 2.98. The standard InChI is InChI=1S/C15H14BrClFN/c1-9-6-12(16)7-10(2)15(9)19-8-11-4-3-5-13(17)14(11)18/h3-7,19H,8H2,1-2H3. The number of hydrogen-bond donors (Lipinski definition) is 1. The van der Waals surface area contributed by atoms with Crippen molar-refractivity contribution in [2.24, 2.45) is 0 Å². The van der Waals surface area contributed by atoms with E-state index in [2.05, 4.69) is 21.2 Å². The molecule has 0 aromatic heterocycles. The van der Waals surface area contributed by atoms with E-state index in [-0.39, 0.29) is 10.8 Å². The summed E-state index contributed by atoms with van der Waals surface area (Å²) in [5.74, 6) is -0.357. The fourth-order valence-electron chi connectivity index (χ4n) is 2.06. The summed E-state index contributed by atoms with van der Waals surface area (Å²) in [7, 11) is 0. The molecule has 0 heterocycles. The predicted molar refractivity (Wildman–Crippen MR) is 82.4 cm³/mol. The van der Waals surface area contributed by atoms with E-state index >= 15 is 0 Å². The molecule has 0 unspecified atom stereocenters. The molecule has 0 spiro atoms. The van der Waals surface area contributed by atoms with Crippen LogP contribution in [0, 0.1) is 19.7 Å². The van der Waals surface area contributed by atoms with Crippen molar-refractivity contribution >= 4 is 33.2 Å². The molecule has 0 aliphatic rings. The minimum atomic E-state index is -0.357. The summed E-state index contributed by atoms with van der Waals surface area (Å²) in [5, 5.41) is 3.43. The van der Waals surface area contributed by atoms with Gasteiger partial charge in [-0.1, -0.05) is 39.7 Å².